The maximum atomic E-state index is 2.30. The third-order valence-corrected chi connectivity index (χ3v) is 6.02. The lowest BCUT2D eigenvalue weighted by Crippen LogP contribution is -3.00. The number of quaternary nitrogens is 1. The molecule has 2 heteroatoms. The summed E-state index contributed by atoms with van der Waals surface area (Å²) in [5.74, 6) is 1.11. The van der Waals surface area contributed by atoms with Crippen LogP contribution in [0.2, 0.25) is 0 Å². The SMILES string of the molecule is CCCCCCCCCCCC[N+]12CCC(CC1)CC2.[Br-]. The molecular formula is C19H38BrN. The van der Waals surface area contributed by atoms with Gasteiger partial charge in [0.15, 0.2) is 0 Å². The largest absolute Gasteiger partial charge is 1.00 e. The average molecular weight is 360 g/mol. The lowest BCUT2D eigenvalue weighted by molar-refractivity contribution is -0.942. The normalized spacial score (nSPS) is 27.6. The lowest BCUT2D eigenvalue weighted by atomic mass is 9.85. The monoisotopic (exact) mass is 359 g/mol. The van der Waals surface area contributed by atoms with Gasteiger partial charge in [0.1, 0.15) is 0 Å². The van der Waals surface area contributed by atoms with Gasteiger partial charge in [-0.3, -0.25) is 0 Å². The topological polar surface area (TPSA) is 0 Å². The van der Waals surface area contributed by atoms with Crippen molar-refractivity contribution in [2.45, 2.75) is 90.4 Å². The Labute approximate surface area is 144 Å². The molecular weight excluding hydrogens is 322 g/mol. The fourth-order valence-electron chi connectivity index (χ4n) is 4.41. The van der Waals surface area contributed by atoms with E-state index in [1.807, 2.05) is 0 Å². The zero-order valence-electron chi connectivity index (χ0n) is 14.4. The number of nitrogens with zero attached hydrogens (tertiary/aromatic N) is 1. The van der Waals surface area contributed by atoms with E-state index in [1.54, 1.807) is 0 Å². The van der Waals surface area contributed by atoms with Crippen LogP contribution in [0.4, 0.5) is 0 Å². The highest BCUT2D eigenvalue weighted by atomic mass is 79.9. The summed E-state index contributed by atoms with van der Waals surface area (Å²) in [4.78, 5) is 0. The van der Waals surface area contributed by atoms with E-state index in [4.69, 9.17) is 0 Å². The Morgan fingerprint density at radius 2 is 1.10 bits per heavy atom. The fraction of sp³-hybridized carbons (Fsp3) is 1.00. The van der Waals surface area contributed by atoms with Crippen LogP contribution in [0.5, 0.6) is 0 Å². The van der Waals surface area contributed by atoms with E-state index in [0.29, 0.717) is 0 Å². The minimum Gasteiger partial charge on any atom is -1.00 e. The first-order chi connectivity index (χ1) is 9.85. The minimum absolute atomic E-state index is 0. The molecule has 0 N–H and O–H groups in total. The fourth-order valence-corrected chi connectivity index (χ4v) is 4.41. The first-order valence-electron chi connectivity index (χ1n) is 9.70. The quantitative estimate of drug-likeness (QED) is 0.392. The van der Waals surface area contributed by atoms with Crippen molar-refractivity contribution in [2.24, 2.45) is 5.92 Å². The number of fused-ring (bicyclic) bond motifs is 3. The summed E-state index contributed by atoms with van der Waals surface area (Å²) in [6, 6.07) is 0. The Hall–Kier alpha value is 0.440. The van der Waals surface area contributed by atoms with Gasteiger partial charge in [0.25, 0.3) is 0 Å². The van der Waals surface area contributed by atoms with Gasteiger partial charge in [-0.15, -0.1) is 0 Å². The second-order valence-corrected chi connectivity index (χ2v) is 7.65. The van der Waals surface area contributed by atoms with E-state index in [0.717, 1.165) is 5.92 Å². The number of hydrogen-bond donors (Lipinski definition) is 0. The molecule has 0 saturated carbocycles. The van der Waals surface area contributed by atoms with Crippen LogP contribution in [0.1, 0.15) is 90.4 Å². The van der Waals surface area contributed by atoms with Gasteiger partial charge in [-0.25, -0.2) is 0 Å². The summed E-state index contributed by atoms with van der Waals surface area (Å²) in [7, 11) is 0. The zero-order chi connectivity index (χ0) is 14.1. The first kappa shape index (κ1) is 19.5. The van der Waals surface area contributed by atoms with Crippen molar-refractivity contribution in [1.29, 1.82) is 0 Å². The van der Waals surface area contributed by atoms with Gasteiger partial charge in [-0.05, 0) is 38.0 Å². The Kier molecular flexibility index (Phi) is 10.3. The molecule has 3 saturated heterocycles. The Balaban J connectivity index is 0.00000220. The molecule has 0 spiro atoms. The molecule has 0 aromatic heterocycles. The van der Waals surface area contributed by atoms with Crippen molar-refractivity contribution < 1.29 is 21.5 Å². The minimum atomic E-state index is 0. The van der Waals surface area contributed by atoms with Crippen molar-refractivity contribution in [3.05, 3.63) is 0 Å². The molecule has 0 aliphatic carbocycles. The van der Waals surface area contributed by atoms with Crippen LogP contribution >= 0.6 is 0 Å². The molecule has 2 bridgehead atoms. The van der Waals surface area contributed by atoms with Gasteiger partial charge < -0.3 is 21.5 Å². The summed E-state index contributed by atoms with van der Waals surface area (Å²) in [5.41, 5.74) is 0. The molecule has 3 heterocycles. The Morgan fingerprint density at radius 3 is 1.57 bits per heavy atom. The molecule has 0 radical (unpaired) electrons. The van der Waals surface area contributed by atoms with Gasteiger partial charge >= 0.3 is 0 Å². The molecule has 3 aliphatic rings. The summed E-state index contributed by atoms with van der Waals surface area (Å²) >= 11 is 0. The van der Waals surface area contributed by atoms with E-state index < -0.39 is 0 Å². The van der Waals surface area contributed by atoms with Crippen LogP contribution in [-0.2, 0) is 0 Å². The van der Waals surface area contributed by atoms with Crippen LogP contribution < -0.4 is 17.0 Å². The third kappa shape index (κ3) is 7.03. The summed E-state index contributed by atoms with van der Waals surface area (Å²) in [6.45, 7) is 8.35. The van der Waals surface area contributed by atoms with E-state index in [9.17, 15) is 0 Å². The summed E-state index contributed by atoms with van der Waals surface area (Å²) < 4.78 is 1.51. The highest BCUT2D eigenvalue weighted by Crippen LogP contribution is 2.33. The van der Waals surface area contributed by atoms with Crippen LogP contribution in [0.25, 0.3) is 0 Å². The van der Waals surface area contributed by atoms with Crippen LogP contribution in [-0.4, -0.2) is 30.7 Å². The molecule has 0 amide bonds. The zero-order valence-corrected chi connectivity index (χ0v) is 16.0. The van der Waals surface area contributed by atoms with Crippen LogP contribution in [0.15, 0.2) is 0 Å². The molecule has 0 atom stereocenters. The van der Waals surface area contributed by atoms with Gasteiger partial charge in [0, 0.05) is 0 Å². The Bertz CT molecular complexity index is 232. The van der Waals surface area contributed by atoms with Crippen molar-refractivity contribution in [3.8, 4) is 0 Å². The molecule has 3 fully saturated rings. The average Bonchev–Trinajstić information content (AvgIpc) is 2.51. The van der Waals surface area contributed by atoms with Gasteiger partial charge in [-0.1, -0.05) is 58.3 Å². The molecule has 1 nitrogen and oxygen atoms in total. The molecule has 3 rings (SSSR count). The highest BCUT2D eigenvalue weighted by molar-refractivity contribution is 4.71. The molecule has 3 aliphatic heterocycles. The van der Waals surface area contributed by atoms with Gasteiger partial charge in [0.2, 0.25) is 0 Å². The van der Waals surface area contributed by atoms with Crippen LogP contribution in [0, 0.1) is 5.92 Å². The number of rotatable bonds is 11. The second-order valence-electron chi connectivity index (χ2n) is 7.65. The predicted octanol–water partition coefficient (Wildman–Crippen LogP) is 2.54. The molecule has 126 valence electrons. The molecule has 0 aromatic rings. The van der Waals surface area contributed by atoms with Gasteiger partial charge in [-0.2, -0.15) is 0 Å². The van der Waals surface area contributed by atoms with Crippen molar-refractivity contribution in [1.82, 2.24) is 0 Å². The highest BCUT2D eigenvalue weighted by Gasteiger charge is 2.38. The van der Waals surface area contributed by atoms with E-state index >= 15 is 0 Å². The number of unbranched alkanes of at least 4 members (excludes halogenated alkanes) is 9. The first-order valence-corrected chi connectivity index (χ1v) is 9.70. The van der Waals surface area contributed by atoms with Crippen molar-refractivity contribution in [2.75, 3.05) is 26.2 Å². The molecule has 21 heavy (non-hydrogen) atoms. The predicted molar refractivity (Wildman–Crippen MR) is 88.9 cm³/mol. The lowest BCUT2D eigenvalue weighted by Gasteiger charge is -2.49. The Morgan fingerprint density at radius 1 is 0.667 bits per heavy atom. The maximum Gasteiger partial charge on any atom is 0.0789 e. The van der Waals surface area contributed by atoms with Crippen LogP contribution in [0.3, 0.4) is 0 Å². The summed E-state index contributed by atoms with van der Waals surface area (Å²) in [5, 5.41) is 0. The third-order valence-electron chi connectivity index (χ3n) is 6.02. The number of piperidine rings is 3. The number of hydrogen-bond acceptors (Lipinski definition) is 0. The van der Waals surface area contributed by atoms with E-state index in [-0.39, 0.29) is 17.0 Å². The van der Waals surface area contributed by atoms with E-state index in [1.165, 1.54) is 114 Å². The standard InChI is InChI=1S/C19H38N.BrH/c1-2-3-4-5-6-7-8-9-10-11-15-20-16-12-19(13-17-20)14-18-20;/h19H,2-18H2,1H3;1H/q+1;/p-1. The molecule has 0 aromatic carbocycles. The molecule has 0 unspecified atom stereocenters. The maximum absolute atomic E-state index is 2.30. The number of halogens is 1. The van der Waals surface area contributed by atoms with Crippen molar-refractivity contribution in [3.63, 3.8) is 0 Å². The van der Waals surface area contributed by atoms with Gasteiger partial charge in [0.05, 0.1) is 26.2 Å². The second kappa shape index (κ2) is 11.0. The summed E-state index contributed by atoms with van der Waals surface area (Å²) in [6.07, 6.45) is 19.4. The smallest absolute Gasteiger partial charge is 0.0789 e. The van der Waals surface area contributed by atoms with Crippen molar-refractivity contribution >= 4 is 0 Å². The van der Waals surface area contributed by atoms with E-state index in [2.05, 4.69) is 6.92 Å².